The number of aromatic nitrogens is 2. The van der Waals surface area contributed by atoms with Crippen molar-refractivity contribution in [1.82, 2.24) is 20.4 Å². The molecule has 2 heterocycles. The molecule has 1 unspecified atom stereocenters. The first kappa shape index (κ1) is 20.9. The van der Waals surface area contributed by atoms with Crippen molar-refractivity contribution in [2.45, 2.75) is 32.9 Å². The van der Waals surface area contributed by atoms with Crippen LogP contribution in [-0.4, -0.2) is 33.9 Å². The standard InChI is InChI=1S/C16H25N5OS.HI/c1-5-17-15(18-9-14-12(2)6-7-23-14)19-11-16(3,22)13-8-20-21(4)10-13;/h6-8,10,22H,5,9,11H2,1-4H3,(H2,17,18,19);1H. The molecule has 0 fully saturated rings. The van der Waals surface area contributed by atoms with Crippen molar-refractivity contribution in [2.75, 3.05) is 13.1 Å². The molecular formula is C16H26IN5OS. The third-order valence-corrected chi connectivity index (χ3v) is 4.63. The highest BCUT2D eigenvalue weighted by molar-refractivity contribution is 14.0. The predicted octanol–water partition coefficient (Wildman–Crippen LogP) is 2.37. The molecule has 24 heavy (non-hydrogen) atoms. The minimum absolute atomic E-state index is 0. The Morgan fingerprint density at radius 2 is 2.21 bits per heavy atom. The average molecular weight is 463 g/mol. The van der Waals surface area contributed by atoms with Gasteiger partial charge in [0.2, 0.25) is 0 Å². The van der Waals surface area contributed by atoms with E-state index in [1.165, 1.54) is 10.4 Å². The van der Waals surface area contributed by atoms with Crippen LogP contribution in [0.25, 0.3) is 0 Å². The van der Waals surface area contributed by atoms with Crippen LogP contribution >= 0.6 is 35.3 Å². The number of aliphatic hydroxyl groups is 1. The second kappa shape index (κ2) is 9.38. The van der Waals surface area contributed by atoms with Crippen LogP contribution in [0.1, 0.15) is 29.9 Å². The van der Waals surface area contributed by atoms with Crippen molar-refractivity contribution in [3.63, 3.8) is 0 Å². The molecular weight excluding hydrogens is 437 g/mol. The number of nitrogens with zero attached hydrogens (tertiary/aromatic N) is 3. The van der Waals surface area contributed by atoms with Crippen LogP contribution in [0.2, 0.25) is 0 Å². The van der Waals surface area contributed by atoms with Gasteiger partial charge in [-0.3, -0.25) is 4.68 Å². The molecule has 0 aliphatic carbocycles. The lowest BCUT2D eigenvalue weighted by Crippen LogP contribution is -2.44. The minimum Gasteiger partial charge on any atom is -0.383 e. The van der Waals surface area contributed by atoms with Gasteiger partial charge in [0.05, 0.1) is 19.3 Å². The zero-order valence-corrected chi connectivity index (χ0v) is 17.7. The maximum absolute atomic E-state index is 10.6. The van der Waals surface area contributed by atoms with Crippen LogP contribution < -0.4 is 10.6 Å². The summed E-state index contributed by atoms with van der Waals surface area (Å²) in [6.45, 7) is 7.64. The number of hydrogen-bond donors (Lipinski definition) is 3. The SMILES string of the molecule is CCNC(=NCc1sccc1C)NCC(C)(O)c1cnn(C)c1.I. The van der Waals surface area contributed by atoms with E-state index < -0.39 is 5.60 Å². The number of aryl methyl sites for hydroxylation is 2. The van der Waals surface area contributed by atoms with Gasteiger partial charge in [-0.05, 0) is 37.8 Å². The Bertz CT molecular complexity index is 665. The maximum Gasteiger partial charge on any atom is 0.191 e. The second-order valence-corrected chi connectivity index (χ2v) is 6.75. The molecule has 1 atom stereocenters. The molecule has 2 rings (SSSR count). The van der Waals surface area contributed by atoms with Crippen molar-refractivity contribution < 1.29 is 5.11 Å². The molecule has 0 spiro atoms. The van der Waals surface area contributed by atoms with Crippen molar-refractivity contribution in [3.8, 4) is 0 Å². The summed E-state index contributed by atoms with van der Waals surface area (Å²) in [7, 11) is 1.84. The van der Waals surface area contributed by atoms with Gasteiger partial charge in [0.15, 0.2) is 5.96 Å². The number of guanidine groups is 1. The largest absolute Gasteiger partial charge is 0.383 e. The Labute approximate surface area is 164 Å². The van der Waals surface area contributed by atoms with Crippen molar-refractivity contribution in [3.05, 3.63) is 39.8 Å². The number of hydrogen-bond acceptors (Lipinski definition) is 4. The zero-order valence-electron chi connectivity index (χ0n) is 14.5. The molecule has 0 bridgehead atoms. The number of rotatable bonds is 6. The molecule has 6 nitrogen and oxygen atoms in total. The van der Waals surface area contributed by atoms with Crippen LogP contribution in [0, 0.1) is 6.92 Å². The highest BCUT2D eigenvalue weighted by Crippen LogP contribution is 2.19. The Balaban J connectivity index is 0.00000288. The molecule has 2 aromatic rings. The summed E-state index contributed by atoms with van der Waals surface area (Å²) in [6, 6.07) is 2.10. The minimum atomic E-state index is -1.01. The summed E-state index contributed by atoms with van der Waals surface area (Å²) < 4.78 is 1.68. The molecule has 0 radical (unpaired) electrons. The molecule has 2 aromatic heterocycles. The van der Waals surface area contributed by atoms with Crippen molar-refractivity contribution in [1.29, 1.82) is 0 Å². The average Bonchev–Trinajstić information content (AvgIpc) is 3.11. The molecule has 0 aliphatic heterocycles. The second-order valence-electron chi connectivity index (χ2n) is 5.75. The molecule has 3 N–H and O–H groups in total. The molecule has 0 aromatic carbocycles. The van der Waals surface area contributed by atoms with Gasteiger partial charge in [-0.2, -0.15) is 5.10 Å². The molecule has 0 amide bonds. The van der Waals surface area contributed by atoms with Gasteiger partial charge in [-0.25, -0.2) is 4.99 Å². The van der Waals surface area contributed by atoms with Crippen LogP contribution in [0.4, 0.5) is 0 Å². The molecule has 0 aliphatic rings. The normalized spacial score (nSPS) is 14.0. The fraction of sp³-hybridized carbons (Fsp3) is 0.500. The van der Waals surface area contributed by atoms with Crippen molar-refractivity contribution >= 4 is 41.3 Å². The summed E-state index contributed by atoms with van der Waals surface area (Å²) in [5.74, 6) is 0.699. The third-order valence-electron chi connectivity index (χ3n) is 3.62. The van der Waals surface area contributed by atoms with E-state index in [1.54, 1.807) is 29.1 Å². The van der Waals surface area contributed by atoms with Gasteiger partial charge in [0, 0.05) is 30.2 Å². The predicted molar refractivity (Wildman–Crippen MR) is 110 cm³/mol. The highest BCUT2D eigenvalue weighted by Gasteiger charge is 2.24. The number of halogens is 1. The number of thiophene rings is 1. The van der Waals surface area contributed by atoms with E-state index in [2.05, 4.69) is 39.1 Å². The van der Waals surface area contributed by atoms with Crippen LogP contribution in [-0.2, 0) is 19.2 Å². The fourth-order valence-electron chi connectivity index (χ4n) is 2.12. The summed E-state index contributed by atoms with van der Waals surface area (Å²) in [6.07, 6.45) is 3.50. The third kappa shape index (κ3) is 5.75. The van der Waals surface area contributed by atoms with E-state index in [4.69, 9.17) is 0 Å². The zero-order chi connectivity index (χ0) is 16.9. The number of aliphatic imine (C=N–C) groups is 1. The van der Waals surface area contributed by atoms with Crippen LogP contribution in [0.5, 0.6) is 0 Å². The summed E-state index contributed by atoms with van der Waals surface area (Å²) in [5.41, 5.74) is 1.03. The first-order chi connectivity index (χ1) is 10.9. The quantitative estimate of drug-likeness (QED) is 0.350. The lowest BCUT2D eigenvalue weighted by atomic mass is 10.00. The van der Waals surface area contributed by atoms with E-state index >= 15 is 0 Å². The van der Waals surface area contributed by atoms with Crippen molar-refractivity contribution in [2.24, 2.45) is 12.0 Å². The molecule has 8 heteroatoms. The molecule has 0 saturated heterocycles. The Kier molecular flexibility index (Phi) is 8.17. The first-order valence-electron chi connectivity index (χ1n) is 7.69. The van der Waals surface area contributed by atoms with Crippen LogP contribution in [0.15, 0.2) is 28.8 Å². The lowest BCUT2D eigenvalue weighted by molar-refractivity contribution is 0.0616. The van der Waals surface area contributed by atoms with Gasteiger partial charge in [-0.15, -0.1) is 35.3 Å². The topological polar surface area (TPSA) is 74.5 Å². The molecule has 0 saturated carbocycles. The molecule has 134 valence electrons. The Morgan fingerprint density at radius 3 is 2.75 bits per heavy atom. The Hall–Kier alpha value is -1.13. The van der Waals surface area contributed by atoms with Gasteiger partial charge in [0.25, 0.3) is 0 Å². The monoisotopic (exact) mass is 463 g/mol. The van der Waals surface area contributed by atoms with Crippen LogP contribution in [0.3, 0.4) is 0 Å². The van der Waals surface area contributed by atoms with Gasteiger partial charge < -0.3 is 15.7 Å². The number of nitrogens with one attached hydrogen (secondary N) is 2. The van der Waals surface area contributed by atoms with Gasteiger partial charge in [0.1, 0.15) is 5.60 Å². The van der Waals surface area contributed by atoms with E-state index in [1.807, 2.05) is 20.2 Å². The fourth-order valence-corrected chi connectivity index (χ4v) is 2.95. The van der Waals surface area contributed by atoms with Gasteiger partial charge >= 0.3 is 0 Å². The summed E-state index contributed by atoms with van der Waals surface area (Å²) >= 11 is 1.71. The van der Waals surface area contributed by atoms with E-state index in [0.29, 0.717) is 19.0 Å². The lowest BCUT2D eigenvalue weighted by Gasteiger charge is -2.23. The van der Waals surface area contributed by atoms with E-state index in [9.17, 15) is 5.11 Å². The maximum atomic E-state index is 10.6. The summed E-state index contributed by atoms with van der Waals surface area (Å²) in [5, 5.41) is 23.2. The van der Waals surface area contributed by atoms with Gasteiger partial charge in [-0.1, -0.05) is 0 Å². The first-order valence-corrected chi connectivity index (χ1v) is 8.57. The smallest absolute Gasteiger partial charge is 0.191 e. The van der Waals surface area contributed by atoms with E-state index in [-0.39, 0.29) is 24.0 Å². The Morgan fingerprint density at radius 1 is 1.46 bits per heavy atom. The summed E-state index contributed by atoms with van der Waals surface area (Å²) in [4.78, 5) is 5.84. The van der Waals surface area contributed by atoms with E-state index in [0.717, 1.165) is 12.1 Å². The highest BCUT2D eigenvalue weighted by atomic mass is 127.